The van der Waals surface area contributed by atoms with E-state index in [1.54, 1.807) is 0 Å². The van der Waals surface area contributed by atoms with E-state index in [1.807, 2.05) is 24.3 Å². The van der Waals surface area contributed by atoms with Gasteiger partial charge in [0.1, 0.15) is 12.4 Å². The molecule has 2 N–H and O–H groups in total. The standard InChI is InChI=1S/C17H24N2O/c1-14(16-7-8-16)19(2)12-13-20-17-9-5-15(6-10-17)4-3-11-18/h5-6,9-10,14,16H,7-8,11-13,18H2,1-2H3. The van der Waals surface area contributed by atoms with Gasteiger partial charge in [0.15, 0.2) is 0 Å². The Kier molecular flexibility index (Phi) is 5.46. The Morgan fingerprint density at radius 3 is 2.65 bits per heavy atom. The van der Waals surface area contributed by atoms with Crippen molar-refractivity contribution in [2.75, 3.05) is 26.7 Å². The van der Waals surface area contributed by atoms with Gasteiger partial charge in [-0.05, 0) is 57.0 Å². The van der Waals surface area contributed by atoms with E-state index < -0.39 is 0 Å². The van der Waals surface area contributed by atoms with Crippen molar-refractivity contribution in [1.82, 2.24) is 4.90 Å². The number of nitrogens with two attached hydrogens (primary N) is 1. The van der Waals surface area contributed by atoms with E-state index in [2.05, 4.69) is 30.7 Å². The zero-order chi connectivity index (χ0) is 14.4. The topological polar surface area (TPSA) is 38.5 Å². The summed E-state index contributed by atoms with van der Waals surface area (Å²) in [7, 11) is 2.18. The maximum Gasteiger partial charge on any atom is 0.119 e. The largest absolute Gasteiger partial charge is 0.492 e. The van der Waals surface area contributed by atoms with Gasteiger partial charge in [-0.2, -0.15) is 0 Å². The number of rotatable bonds is 6. The predicted molar refractivity (Wildman–Crippen MR) is 82.7 cm³/mol. The highest BCUT2D eigenvalue weighted by Gasteiger charge is 2.30. The van der Waals surface area contributed by atoms with Gasteiger partial charge in [0.25, 0.3) is 0 Å². The Morgan fingerprint density at radius 2 is 2.05 bits per heavy atom. The van der Waals surface area contributed by atoms with Crippen molar-refractivity contribution in [1.29, 1.82) is 0 Å². The smallest absolute Gasteiger partial charge is 0.119 e. The van der Waals surface area contributed by atoms with Gasteiger partial charge in [-0.25, -0.2) is 0 Å². The fraction of sp³-hybridized carbons (Fsp3) is 0.529. The Labute approximate surface area is 122 Å². The van der Waals surface area contributed by atoms with Gasteiger partial charge >= 0.3 is 0 Å². The summed E-state index contributed by atoms with van der Waals surface area (Å²) in [6.07, 6.45) is 2.77. The molecule has 1 aromatic rings. The summed E-state index contributed by atoms with van der Waals surface area (Å²) in [5.41, 5.74) is 6.32. The van der Waals surface area contributed by atoms with Crippen molar-refractivity contribution in [3.8, 4) is 17.6 Å². The molecule has 1 unspecified atom stereocenters. The van der Waals surface area contributed by atoms with Crippen LogP contribution in [0.3, 0.4) is 0 Å². The van der Waals surface area contributed by atoms with E-state index >= 15 is 0 Å². The molecule has 1 saturated carbocycles. The second-order valence-electron chi connectivity index (χ2n) is 5.44. The molecule has 0 aromatic heterocycles. The summed E-state index contributed by atoms with van der Waals surface area (Å²) in [6.45, 7) is 4.39. The van der Waals surface area contributed by atoms with Gasteiger partial charge in [0.05, 0.1) is 6.54 Å². The molecular weight excluding hydrogens is 248 g/mol. The molecule has 3 nitrogen and oxygen atoms in total. The minimum absolute atomic E-state index is 0.393. The molecule has 20 heavy (non-hydrogen) atoms. The van der Waals surface area contributed by atoms with Crippen molar-refractivity contribution in [3.05, 3.63) is 29.8 Å². The van der Waals surface area contributed by atoms with Crippen LogP contribution in [0.5, 0.6) is 5.75 Å². The monoisotopic (exact) mass is 272 g/mol. The van der Waals surface area contributed by atoms with Gasteiger partial charge in [-0.3, -0.25) is 0 Å². The average molecular weight is 272 g/mol. The Hall–Kier alpha value is -1.50. The summed E-state index contributed by atoms with van der Waals surface area (Å²) >= 11 is 0. The lowest BCUT2D eigenvalue weighted by atomic mass is 10.2. The maximum atomic E-state index is 5.77. The molecule has 1 aliphatic rings. The third-order valence-electron chi connectivity index (χ3n) is 3.90. The van der Waals surface area contributed by atoms with E-state index in [0.717, 1.165) is 30.4 Å². The lowest BCUT2D eigenvalue weighted by molar-refractivity contribution is 0.186. The van der Waals surface area contributed by atoms with Crippen LogP contribution < -0.4 is 10.5 Å². The fourth-order valence-corrected chi connectivity index (χ4v) is 2.24. The minimum Gasteiger partial charge on any atom is -0.492 e. The molecule has 0 heterocycles. The zero-order valence-electron chi connectivity index (χ0n) is 12.4. The summed E-state index contributed by atoms with van der Waals surface area (Å²) in [6, 6.07) is 8.53. The van der Waals surface area contributed by atoms with Gasteiger partial charge < -0.3 is 15.4 Å². The molecule has 1 fully saturated rings. The summed E-state index contributed by atoms with van der Waals surface area (Å²) in [5, 5.41) is 0. The van der Waals surface area contributed by atoms with Crippen molar-refractivity contribution in [2.45, 2.75) is 25.8 Å². The molecule has 0 spiro atoms. The van der Waals surface area contributed by atoms with Crippen LogP contribution in [-0.4, -0.2) is 37.7 Å². The molecule has 1 aliphatic carbocycles. The lowest BCUT2D eigenvalue weighted by Crippen LogP contribution is -2.34. The number of nitrogens with zero attached hydrogens (tertiary/aromatic N) is 1. The summed E-state index contributed by atoms with van der Waals surface area (Å²) in [4.78, 5) is 2.39. The molecule has 3 heteroatoms. The molecular formula is C17H24N2O. The zero-order valence-corrected chi connectivity index (χ0v) is 12.4. The number of likely N-dealkylation sites (N-methyl/N-ethyl adjacent to an activating group) is 1. The van der Waals surface area contributed by atoms with Crippen LogP contribution in [0.1, 0.15) is 25.3 Å². The summed E-state index contributed by atoms with van der Waals surface area (Å²) < 4.78 is 5.77. The highest BCUT2D eigenvalue weighted by Crippen LogP contribution is 2.34. The van der Waals surface area contributed by atoms with Crippen molar-refractivity contribution in [2.24, 2.45) is 11.7 Å². The first kappa shape index (κ1) is 14.9. The van der Waals surface area contributed by atoms with E-state index in [4.69, 9.17) is 10.5 Å². The molecule has 0 saturated heterocycles. The van der Waals surface area contributed by atoms with Gasteiger partial charge in [0, 0.05) is 18.2 Å². The molecule has 0 radical (unpaired) electrons. The second kappa shape index (κ2) is 7.33. The molecule has 0 aliphatic heterocycles. The first-order valence-corrected chi connectivity index (χ1v) is 7.32. The maximum absolute atomic E-state index is 5.77. The van der Waals surface area contributed by atoms with Gasteiger partial charge in [-0.1, -0.05) is 11.8 Å². The number of benzene rings is 1. The highest BCUT2D eigenvalue weighted by atomic mass is 16.5. The van der Waals surface area contributed by atoms with Gasteiger partial charge in [-0.15, -0.1) is 0 Å². The van der Waals surface area contributed by atoms with E-state index in [0.29, 0.717) is 12.6 Å². The van der Waals surface area contributed by atoms with Crippen LogP contribution in [0, 0.1) is 17.8 Å². The predicted octanol–water partition coefficient (Wildman–Crippen LogP) is 2.11. The minimum atomic E-state index is 0.393. The highest BCUT2D eigenvalue weighted by molar-refractivity contribution is 5.38. The van der Waals surface area contributed by atoms with E-state index in [-0.39, 0.29) is 0 Å². The molecule has 0 bridgehead atoms. The van der Waals surface area contributed by atoms with Crippen LogP contribution >= 0.6 is 0 Å². The first-order valence-electron chi connectivity index (χ1n) is 7.32. The number of hydrogen-bond acceptors (Lipinski definition) is 3. The van der Waals surface area contributed by atoms with Crippen LogP contribution in [0.2, 0.25) is 0 Å². The lowest BCUT2D eigenvalue weighted by Gasteiger charge is -2.24. The van der Waals surface area contributed by atoms with E-state index in [1.165, 1.54) is 12.8 Å². The van der Waals surface area contributed by atoms with Crippen LogP contribution in [0.4, 0.5) is 0 Å². The molecule has 0 amide bonds. The van der Waals surface area contributed by atoms with Crippen LogP contribution in [0.15, 0.2) is 24.3 Å². The van der Waals surface area contributed by atoms with Crippen LogP contribution in [0.25, 0.3) is 0 Å². The first-order chi connectivity index (χ1) is 9.70. The second-order valence-corrected chi connectivity index (χ2v) is 5.44. The fourth-order valence-electron chi connectivity index (χ4n) is 2.24. The molecule has 1 atom stereocenters. The number of ether oxygens (including phenoxy) is 1. The van der Waals surface area contributed by atoms with Crippen molar-refractivity contribution >= 4 is 0 Å². The van der Waals surface area contributed by atoms with Crippen LogP contribution in [-0.2, 0) is 0 Å². The van der Waals surface area contributed by atoms with Gasteiger partial charge in [0.2, 0.25) is 0 Å². The Bertz CT molecular complexity index is 468. The quantitative estimate of drug-likeness (QED) is 0.806. The summed E-state index contributed by atoms with van der Waals surface area (Å²) in [5.74, 6) is 7.64. The SMILES string of the molecule is CC(C1CC1)N(C)CCOc1ccc(C#CCN)cc1. The molecule has 108 valence electrons. The van der Waals surface area contributed by atoms with E-state index in [9.17, 15) is 0 Å². The third-order valence-corrected chi connectivity index (χ3v) is 3.90. The molecule has 1 aromatic carbocycles. The van der Waals surface area contributed by atoms with Crippen molar-refractivity contribution < 1.29 is 4.74 Å². The number of hydrogen-bond donors (Lipinski definition) is 1. The normalized spacial score (nSPS) is 15.6. The average Bonchev–Trinajstić information content (AvgIpc) is 3.30. The Morgan fingerprint density at radius 1 is 1.35 bits per heavy atom. The molecule has 2 rings (SSSR count). The third kappa shape index (κ3) is 4.56. The Balaban J connectivity index is 1.73. The van der Waals surface area contributed by atoms with Crippen molar-refractivity contribution in [3.63, 3.8) is 0 Å².